The maximum absolute atomic E-state index is 12.6. The molecule has 1 fully saturated rings. The van der Waals surface area contributed by atoms with E-state index in [1.54, 1.807) is 6.92 Å². The lowest BCUT2D eigenvalue weighted by molar-refractivity contribution is -0.138. The van der Waals surface area contributed by atoms with Crippen molar-refractivity contribution in [2.24, 2.45) is 5.92 Å². The number of aliphatic hydroxyl groups is 1. The summed E-state index contributed by atoms with van der Waals surface area (Å²) in [5, 5.41) is 12.0. The number of rotatable bonds is 5. The Hall–Kier alpha value is -1.83. The molecule has 8 heteroatoms. The fraction of sp³-hybridized carbons (Fsp3) is 0.571. The number of amides is 1. The molecule has 0 bridgehead atoms. The van der Waals surface area contributed by atoms with Gasteiger partial charge in [0, 0.05) is 12.3 Å². The van der Waals surface area contributed by atoms with Crippen molar-refractivity contribution < 1.29 is 23.1 Å². The highest BCUT2D eigenvalue weighted by atomic mass is 19.4. The molecule has 1 saturated carbocycles. The second-order valence-corrected chi connectivity index (χ2v) is 5.78. The molecule has 1 aliphatic rings. The van der Waals surface area contributed by atoms with Gasteiger partial charge in [-0.05, 0) is 31.7 Å². The summed E-state index contributed by atoms with van der Waals surface area (Å²) in [6.07, 6.45) is -2.21. The van der Waals surface area contributed by atoms with Crippen LogP contribution in [0.5, 0.6) is 0 Å². The van der Waals surface area contributed by atoms with E-state index in [-0.39, 0.29) is 12.5 Å². The van der Waals surface area contributed by atoms with Gasteiger partial charge in [-0.25, -0.2) is 0 Å². The van der Waals surface area contributed by atoms with E-state index in [1.807, 2.05) is 0 Å². The number of alkyl halides is 3. The van der Waals surface area contributed by atoms with E-state index < -0.39 is 35.3 Å². The Morgan fingerprint density at radius 3 is 2.55 bits per heavy atom. The molecule has 0 spiro atoms. The topological polar surface area (TPSA) is 71.3 Å². The van der Waals surface area contributed by atoms with Gasteiger partial charge in [0.25, 0.3) is 5.56 Å². The zero-order valence-electron chi connectivity index (χ0n) is 12.0. The summed E-state index contributed by atoms with van der Waals surface area (Å²) in [6, 6.07) is 1.46. The smallest absolute Gasteiger partial charge is 0.394 e. The number of nitrogens with zero attached hydrogens (tertiary/aromatic N) is 1. The average Bonchev–Trinajstić information content (AvgIpc) is 3.24. The fourth-order valence-corrected chi connectivity index (χ4v) is 2.33. The van der Waals surface area contributed by atoms with Crippen LogP contribution in [0.15, 0.2) is 23.1 Å². The van der Waals surface area contributed by atoms with Gasteiger partial charge in [0.1, 0.15) is 6.54 Å². The second kappa shape index (κ2) is 5.75. The summed E-state index contributed by atoms with van der Waals surface area (Å²) in [5.41, 5.74) is -2.49. The molecule has 2 N–H and O–H groups in total. The summed E-state index contributed by atoms with van der Waals surface area (Å²) < 4.78 is 38.6. The Morgan fingerprint density at radius 2 is 2.05 bits per heavy atom. The SMILES string of the molecule is CC(CO)(NC(=O)Cn1cc(C(F)(F)F)ccc1=O)C1CC1. The van der Waals surface area contributed by atoms with Gasteiger partial charge in [-0.15, -0.1) is 0 Å². The van der Waals surface area contributed by atoms with Crippen molar-refractivity contribution in [1.82, 2.24) is 9.88 Å². The molecular weight excluding hydrogens is 301 g/mol. The van der Waals surface area contributed by atoms with E-state index in [9.17, 15) is 27.9 Å². The average molecular weight is 318 g/mol. The molecule has 0 aliphatic heterocycles. The van der Waals surface area contributed by atoms with Crippen molar-refractivity contribution in [3.63, 3.8) is 0 Å². The number of hydrogen-bond donors (Lipinski definition) is 2. The van der Waals surface area contributed by atoms with E-state index in [0.717, 1.165) is 18.9 Å². The van der Waals surface area contributed by atoms with Crippen LogP contribution < -0.4 is 10.9 Å². The molecule has 122 valence electrons. The third-order valence-corrected chi connectivity index (χ3v) is 3.86. The third-order valence-electron chi connectivity index (χ3n) is 3.86. The van der Waals surface area contributed by atoms with Crippen LogP contribution in [0.3, 0.4) is 0 Å². The minimum absolute atomic E-state index is 0.152. The number of carbonyl (C=O) groups excluding carboxylic acids is 1. The molecule has 1 aliphatic carbocycles. The van der Waals surface area contributed by atoms with Crippen LogP contribution in [-0.2, 0) is 17.5 Å². The molecule has 1 heterocycles. The number of nitrogens with one attached hydrogen (secondary N) is 1. The van der Waals surface area contributed by atoms with Gasteiger partial charge in [-0.2, -0.15) is 13.2 Å². The van der Waals surface area contributed by atoms with Crippen LogP contribution in [0.1, 0.15) is 25.3 Å². The molecule has 22 heavy (non-hydrogen) atoms. The Bertz CT molecular complexity index is 622. The lowest BCUT2D eigenvalue weighted by Crippen LogP contribution is -2.52. The van der Waals surface area contributed by atoms with Crippen molar-refractivity contribution in [2.45, 2.75) is 38.0 Å². The molecule has 1 amide bonds. The molecule has 1 aromatic heterocycles. The largest absolute Gasteiger partial charge is 0.417 e. The van der Waals surface area contributed by atoms with Gasteiger partial charge in [0.05, 0.1) is 17.7 Å². The molecular formula is C14H17F3N2O3. The van der Waals surface area contributed by atoms with E-state index in [1.165, 1.54) is 0 Å². The Balaban J connectivity index is 2.13. The zero-order chi connectivity index (χ0) is 16.5. The van der Waals surface area contributed by atoms with E-state index >= 15 is 0 Å². The van der Waals surface area contributed by atoms with Gasteiger partial charge in [0.2, 0.25) is 5.91 Å². The summed E-state index contributed by atoms with van der Waals surface area (Å²) in [6.45, 7) is 0.892. The van der Waals surface area contributed by atoms with Gasteiger partial charge in [-0.3, -0.25) is 9.59 Å². The summed E-state index contributed by atoms with van der Waals surface area (Å²) in [7, 11) is 0. The van der Waals surface area contributed by atoms with Crippen molar-refractivity contribution in [3.05, 3.63) is 34.2 Å². The Kier molecular flexibility index (Phi) is 4.32. The number of hydrogen-bond acceptors (Lipinski definition) is 3. The minimum Gasteiger partial charge on any atom is -0.394 e. The van der Waals surface area contributed by atoms with E-state index in [2.05, 4.69) is 5.32 Å². The third kappa shape index (κ3) is 3.68. The number of pyridine rings is 1. The van der Waals surface area contributed by atoms with Crippen molar-refractivity contribution in [1.29, 1.82) is 0 Å². The number of halogens is 3. The standard InChI is InChI=1S/C14H17F3N2O3/c1-13(8-20,9-2-3-9)18-11(21)7-19-6-10(14(15,16)17)4-5-12(19)22/h4-6,9,20H,2-3,7-8H2,1H3,(H,18,21). The van der Waals surface area contributed by atoms with Gasteiger partial charge >= 0.3 is 6.18 Å². The second-order valence-electron chi connectivity index (χ2n) is 5.78. The molecule has 1 unspecified atom stereocenters. The monoisotopic (exact) mass is 318 g/mol. The van der Waals surface area contributed by atoms with Crippen LogP contribution in [0.4, 0.5) is 13.2 Å². The van der Waals surface area contributed by atoms with Gasteiger partial charge < -0.3 is 15.0 Å². The van der Waals surface area contributed by atoms with Crippen LogP contribution >= 0.6 is 0 Å². The van der Waals surface area contributed by atoms with E-state index in [0.29, 0.717) is 16.8 Å². The lowest BCUT2D eigenvalue weighted by Gasteiger charge is -2.29. The van der Waals surface area contributed by atoms with Crippen LogP contribution in [-0.4, -0.2) is 27.7 Å². The first-order valence-corrected chi connectivity index (χ1v) is 6.85. The van der Waals surface area contributed by atoms with Crippen LogP contribution in [0, 0.1) is 5.92 Å². The molecule has 1 atom stereocenters. The molecule has 1 aromatic rings. The normalized spacial score (nSPS) is 17.9. The Labute approximate surface area is 124 Å². The van der Waals surface area contributed by atoms with Crippen molar-refractivity contribution in [2.75, 3.05) is 6.61 Å². The predicted octanol–water partition coefficient (Wildman–Crippen LogP) is 1.14. The van der Waals surface area contributed by atoms with Crippen LogP contribution in [0.25, 0.3) is 0 Å². The molecule has 0 saturated heterocycles. The molecule has 5 nitrogen and oxygen atoms in total. The predicted molar refractivity (Wildman–Crippen MR) is 72.1 cm³/mol. The molecule has 0 radical (unpaired) electrons. The molecule has 2 rings (SSSR count). The van der Waals surface area contributed by atoms with Crippen LogP contribution in [0.2, 0.25) is 0 Å². The maximum atomic E-state index is 12.6. The highest BCUT2D eigenvalue weighted by Crippen LogP contribution is 2.39. The highest BCUT2D eigenvalue weighted by molar-refractivity contribution is 5.76. The van der Waals surface area contributed by atoms with E-state index in [4.69, 9.17) is 0 Å². The first-order valence-electron chi connectivity index (χ1n) is 6.85. The first-order chi connectivity index (χ1) is 10.2. The Morgan fingerprint density at radius 1 is 1.41 bits per heavy atom. The minimum atomic E-state index is -4.58. The van der Waals surface area contributed by atoms with Crippen molar-refractivity contribution in [3.8, 4) is 0 Å². The summed E-state index contributed by atoms with van der Waals surface area (Å²) >= 11 is 0. The number of aromatic nitrogens is 1. The molecule has 0 aromatic carbocycles. The highest BCUT2D eigenvalue weighted by Gasteiger charge is 2.42. The van der Waals surface area contributed by atoms with Gasteiger partial charge in [0.15, 0.2) is 0 Å². The first kappa shape index (κ1) is 16.5. The van der Waals surface area contributed by atoms with Gasteiger partial charge in [-0.1, -0.05) is 0 Å². The number of aliphatic hydroxyl groups excluding tert-OH is 1. The quantitative estimate of drug-likeness (QED) is 0.855. The lowest BCUT2D eigenvalue weighted by atomic mass is 9.97. The maximum Gasteiger partial charge on any atom is 0.417 e. The fourth-order valence-electron chi connectivity index (χ4n) is 2.33. The summed E-state index contributed by atoms with van der Waals surface area (Å²) in [5.74, 6) is -0.454. The number of carbonyl (C=O) groups is 1. The van der Waals surface area contributed by atoms with Crippen molar-refractivity contribution >= 4 is 5.91 Å². The zero-order valence-corrected chi connectivity index (χ0v) is 12.0. The summed E-state index contributed by atoms with van der Waals surface area (Å²) in [4.78, 5) is 23.6.